The number of benzene rings is 1. The number of aryl methyl sites for hydroxylation is 1. The highest BCUT2D eigenvalue weighted by atomic mass is 32.2. The molecule has 7 heteroatoms. The standard InChI is InChI=1S/C19H25NO5S/c1-14-6-8-15(9-7-14)19(22)25-12-18(21)20(16-4-2-3-5-16)17-10-11-26(23,24)13-17/h6-9,16-17H,2-5,10-13H2,1H3/t17-/m1/s1. The molecule has 1 heterocycles. The predicted octanol–water partition coefficient (Wildman–Crippen LogP) is 2.11. The second-order valence-electron chi connectivity index (χ2n) is 7.24. The molecule has 0 radical (unpaired) electrons. The summed E-state index contributed by atoms with van der Waals surface area (Å²) in [5, 5.41) is 0. The van der Waals surface area contributed by atoms with Crippen LogP contribution in [-0.4, -0.2) is 55.4 Å². The normalized spacial score (nSPS) is 22.3. The van der Waals surface area contributed by atoms with Crippen molar-refractivity contribution in [3.63, 3.8) is 0 Å². The lowest BCUT2D eigenvalue weighted by molar-refractivity contribution is -0.139. The number of esters is 1. The molecule has 1 aromatic rings. The molecule has 1 saturated heterocycles. The van der Waals surface area contributed by atoms with Gasteiger partial charge >= 0.3 is 5.97 Å². The smallest absolute Gasteiger partial charge is 0.338 e. The summed E-state index contributed by atoms with van der Waals surface area (Å²) in [4.78, 5) is 26.6. The van der Waals surface area contributed by atoms with Crippen LogP contribution in [0.15, 0.2) is 24.3 Å². The Bertz CT molecular complexity index is 766. The van der Waals surface area contributed by atoms with Gasteiger partial charge in [-0.25, -0.2) is 13.2 Å². The molecule has 1 aromatic carbocycles. The number of amides is 1. The van der Waals surface area contributed by atoms with Crippen LogP contribution in [0.4, 0.5) is 0 Å². The summed E-state index contributed by atoms with van der Waals surface area (Å²) in [6.07, 6.45) is 4.31. The van der Waals surface area contributed by atoms with Crippen LogP contribution in [0.3, 0.4) is 0 Å². The van der Waals surface area contributed by atoms with E-state index in [2.05, 4.69) is 0 Å². The topological polar surface area (TPSA) is 80.8 Å². The fourth-order valence-electron chi connectivity index (χ4n) is 3.86. The van der Waals surface area contributed by atoms with Gasteiger partial charge in [-0.3, -0.25) is 4.79 Å². The van der Waals surface area contributed by atoms with Crippen molar-refractivity contribution < 1.29 is 22.7 Å². The highest BCUT2D eigenvalue weighted by Crippen LogP contribution is 2.29. The number of hydrogen-bond acceptors (Lipinski definition) is 5. The number of carbonyl (C=O) groups excluding carboxylic acids is 2. The highest BCUT2D eigenvalue weighted by molar-refractivity contribution is 7.91. The van der Waals surface area contributed by atoms with Crippen molar-refractivity contribution >= 4 is 21.7 Å². The molecule has 26 heavy (non-hydrogen) atoms. The van der Waals surface area contributed by atoms with Crippen LogP contribution in [0.25, 0.3) is 0 Å². The molecule has 2 aliphatic rings. The third-order valence-corrected chi connectivity index (χ3v) is 6.97. The average molecular weight is 379 g/mol. The van der Waals surface area contributed by atoms with Crippen molar-refractivity contribution in [2.24, 2.45) is 0 Å². The maximum absolute atomic E-state index is 12.8. The van der Waals surface area contributed by atoms with Gasteiger partial charge in [0.15, 0.2) is 16.4 Å². The van der Waals surface area contributed by atoms with E-state index in [9.17, 15) is 18.0 Å². The summed E-state index contributed by atoms with van der Waals surface area (Å²) in [5.41, 5.74) is 1.44. The SMILES string of the molecule is Cc1ccc(C(=O)OCC(=O)N(C2CCCC2)[C@@H]2CCS(=O)(=O)C2)cc1. The molecule has 1 amide bonds. The number of rotatable bonds is 5. The number of nitrogens with zero attached hydrogens (tertiary/aromatic N) is 1. The lowest BCUT2D eigenvalue weighted by atomic mass is 10.1. The van der Waals surface area contributed by atoms with Crippen molar-refractivity contribution in [2.75, 3.05) is 18.1 Å². The van der Waals surface area contributed by atoms with E-state index >= 15 is 0 Å². The maximum Gasteiger partial charge on any atom is 0.338 e. The van der Waals surface area contributed by atoms with Crippen molar-refractivity contribution in [1.82, 2.24) is 4.90 Å². The Morgan fingerprint density at radius 1 is 1.08 bits per heavy atom. The second kappa shape index (κ2) is 7.78. The Morgan fingerprint density at radius 2 is 1.73 bits per heavy atom. The van der Waals surface area contributed by atoms with E-state index in [1.165, 1.54) is 0 Å². The van der Waals surface area contributed by atoms with Gasteiger partial charge in [0.05, 0.1) is 17.1 Å². The van der Waals surface area contributed by atoms with Gasteiger partial charge in [-0.15, -0.1) is 0 Å². The summed E-state index contributed by atoms with van der Waals surface area (Å²) < 4.78 is 28.9. The molecule has 0 N–H and O–H groups in total. The van der Waals surface area contributed by atoms with E-state index in [-0.39, 0.29) is 36.1 Å². The van der Waals surface area contributed by atoms with Gasteiger partial charge < -0.3 is 9.64 Å². The zero-order valence-corrected chi connectivity index (χ0v) is 15.8. The Morgan fingerprint density at radius 3 is 2.31 bits per heavy atom. The molecular formula is C19H25NO5S. The molecule has 0 unspecified atom stereocenters. The van der Waals surface area contributed by atoms with E-state index in [4.69, 9.17) is 4.74 Å². The summed E-state index contributed by atoms with van der Waals surface area (Å²) in [6.45, 7) is 1.58. The van der Waals surface area contributed by atoms with Gasteiger partial charge in [0.1, 0.15) is 0 Å². The van der Waals surface area contributed by atoms with E-state index in [0.29, 0.717) is 12.0 Å². The van der Waals surface area contributed by atoms with Gasteiger partial charge in [0.2, 0.25) is 0 Å². The fraction of sp³-hybridized carbons (Fsp3) is 0.579. The monoisotopic (exact) mass is 379 g/mol. The Balaban J connectivity index is 1.65. The minimum Gasteiger partial charge on any atom is -0.452 e. The van der Waals surface area contributed by atoms with Crippen LogP contribution in [0.5, 0.6) is 0 Å². The molecule has 0 aromatic heterocycles. The molecule has 3 rings (SSSR count). The molecule has 6 nitrogen and oxygen atoms in total. The third-order valence-electron chi connectivity index (χ3n) is 5.22. The average Bonchev–Trinajstić information content (AvgIpc) is 3.24. The zero-order valence-electron chi connectivity index (χ0n) is 15.0. The van der Waals surface area contributed by atoms with Gasteiger partial charge in [-0.2, -0.15) is 0 Å². The van der Waals surface area contributed by atoms with E-state index in [1.807, 2.05) is 19.1 Å². The van der Waals surface area contributed by atoms with Crippen molar-refractivity contribution in [1.29, 1.82) is 0 Å². The van der Waals surface area contributed by atoms with Gasteiger partial charge in [-0.05, 0) is 38.3 Å². The highest BCUT2D eigenvalue weighted by Gasteiger charge is 2.39. The van der Waals surface area contributed by atoms with Gasteiger partial charge in [0.25, 0.3) is 5.91 Å². The Labute approximate surface area is 154 Å². The molecular weight excluding hydrogens is 354 g/mol. The molecule has 142 valence electrons. The molecule has 1 aliphatic heterocycles. The van der Waals surface area contributed by atoms with Crippen molar-refractivity contribution in [3.8, 4) is 0 Å². The predicted molar refractivity (Wildman–Crippen MR) is 97.6 cm³/mol. The minimum absolute atomic E-state index is 0.0150. The maximum atomic E-state index is 12.8. The van der Waals surface area contributed by atoms with Crippen LogP contribution in [0, 0.1) is 6.92 Å². The molecule has 0 spiro atoms. The van der Waals surface area contributed by atoms with Crippen LogP contribution < -0.4 is 0 Å². The van der Waals surface area contributed by atoms with Gasteiger partial charge in [-0.1, -0.05) is 30.5 Å². The summed E-state index contributed by atoms with van der Waals surface area (Å²) in [6, 6.07) is 6.72. The largest absolute Gasteiger partial charge is 0.452 e. The number of hydrogen-bond donors (Lipinski definition) is 0. The Hall–Kier alpha value is -1.89. The van der Waals surface area contributed by atoms with Crippen molar-refractivity contribution in [2.45, 2.75) is 51.1 Å². The van der Waals surface area contributed by atoms with Crippen LogP contribution in [0.1, 0.15) is 48.0 Å². The van der Waals surface area contributed by atoms with Crippen LogP contribution >= 0.6 is 0 Å². The fourth-order valence-corrected chi connectivity index (χ4v) is 5.57. The first kappa shape index (κ1) is 18.9. The van der Waals surface area contributed by atoms with Crippen LogP contribution in [0.2, 0.25) is 0 Å². The number of ether oxygens (including phenoxy) is 1. The molecule has 1 atom stereocenters. The number of sulfone groups is 1. The van der Waals surface area contributed by atoms with E-state index < -0.39 is 15.8 Å². The van der Waals surface area contributed by atoms with Crippen LogP contribution in [-0.2, 0) is 19.4 Å². The third kappa shape index (κ3) is 4.44. The Kier molecular flexibility index (Phi) is 5.65. The summed E-state index contributed by atoms with van der Waals surface area (Å²) >= 11 is 0. The zero-order chi connectivity index (χ0) is 18.7. The van der Waals surface area contributed by atoms with Gasteiger partial charge in [0, 0.05) is 12.1 Å². The van der Waals surface area contributed by atoms with E-state index in [1.54, 1.807) is 17.0 Å². The molecule has 2 fully saturated rings. The second-order valence-corrected chi connectivity index (χ2v) is 9.47. The van der Waals surface area contributed by atoms with Crippen molar-refractivity contribution in [3.05, 3.63) is 35.4 Å². The lowest BCUT2D eigenvalue weighted by Gasteiger charge is -2.33. The van der Waals surface area contributed by atoms with E-state index in [0.717, 1.165) is 31.2 Å². The minimum atomic E-state index is -3.08. The molecule has 0 bridgehead atoms. The quantitative estimate of drug-likeness (QED) is 0.732. The first-order valence-corrected chi connectivity index (χ1v) is 10.9. The number of carbonyl (C=O) groups is 2. The molecule has 1 aliphatic carbocycles. The molecule has 1 saturated carbocycles. The first-order valence-electron chi connectivity index (χ1n) is 9.11. The summed E-state index contributed by atoms with van der Waals surface area (Å²) in [7, 11) is -3.08. The lowest BCUT2D eigenvalue weighted by Crippen LogP contribution is -2.48. The first-order chi connectivity index (χ1) is 12.4. The summed E-state index contributed by atoms with van der Waals surface area (Å²) in [5.74, 6) is -0.693.